The first-order valence-electron chi connectivity index (χ1n) is 7.86. The van der Waals surface area contributed by atoms with Gasteiger partial charge in [0.1, 0.15) is 5.75 Å². The van der Waals surface area contributed by atoms with Crippen molar-refractivity contribution < 1.29 is 9.22 Å². The van der Waals surface area contributed by atoms with E-state index < -0.39 is 8.32 Å². The molecule has 0 atom stereocenters. The molecule has 0 unspecified atom stereocenters. The Morgan fingerprint density at radius 1 is 1.09 bits per heavy atom. The highest BCUT2D eigenvalue weighted by molar-refractivity contribution is 9.10. The van der Waals surface area contributed by atoms with Gasteiger partial charge in [0.15, 0.2) is 5.78 Å². The number of halogens is 1. The van der Waals surface area contributed by atoms with Crippen LogP contribution < -0.4 is 4.43 Å². The van der Waals surface area contributed by atoms with Crippen LogP contribution in [0.5, 0.6) is 5.75 Å². The second-order valence-electron chi connectivity index (χ2n) is 6.83. The van der Waals surface area contributed by atoms with E-state index in [1.165, 1.54) is 0 Å². The largest absolute Gasteiger partial charge is 0.544 e. The maximum atomic E-state index is 12.6. The van der Waals surface area contributed by atoms with Crippen molar-refractivity contribution in [2.75, 3.05) is 0 Å². The van der Waals surface area contributed by atoms with E-state index in [-0.39, 0.29) is 5.78 Å². The lowest BCUT2D eigenvalue weighted by Crippen LogP contribution is -2.35. The first kappa shape index (κ1) is 18.0. The van der Waals surface area contributed by atoms with Crippen molar-refractivity contribution in [2.24, 2.45) is 5.92 Å². The Hall–Kier alpha value is -1.39. The monoisotopic (exact) mass is 390 g/mol. The smallest absolute Gasteiger partial charge is 0.245 e. The number of ketones is 1. The zero-order valence-corrected chi connectivity index (χ0v) is 16.7. The van der Waals surface area contributed by atoms with Crippen LogP contribution in [0.15, 0.2) is 53.0 Å². The first-order chi connectivity index (χ1) is 10.8. The van der Waals surface area contributed by atoms with Crippen molar-refractivity contribution in [3.8, 4) is 5.75 Å². The van der Waals surface area contributed by atoms with Gasteiger partial charge in [0.05, 0.1) is 0 Å². The normalized spacial score (nSPS) is 11.6. The molecule has 2 aromatic carbocycles. The molecular formula is C19H23BrO2Si. The lowest BCUT2D eigenvalue weighted by Gasteiger charge is -2.26. The molecule has 0 saturated heterocycles. The van der Waals surface area contributed by atoms with Gasteiger partial charge >= 0.3 is 0 Å². The summed E-state index contributed by atoms with van der Waals surface area (Å²) in [6.45, 7) is 8.86. The third-order valence-electron chi connectivity index (χ3n) is 3.48. The molecule has 0 aromatic heterocycles. The molecule has 0 saturated carbocycles. The van der Waals surface area contributed by atoms with Crippen molar-refractivity contribution in [1.82, 2.24) is 0 Å². The Labute approximate surface area is 148 Å². The van der Waals surface area contributed by atoms with Crippen LogP contribution in [-0.2, 0) is 0 Å². The van der Waals surface area contributed by atoms with Crippen molar-refractivity contribution in [1.29, 1.82) is 0 Å². The van der Waals surface area contributed by atoms with Crippen LogP contribution in [0.1, 0.15) is 29.8 Å². The van der Waals surface area contributed by atoms with Crippen molar-refractivity contribution in [3.63, 3.8) is 0 Å². The predicted octanol–water partition coefficient (Wildman–Crippen LogP) is 5.92. The molecule has 0 amide bonds. The first-order valence-corrected chi connectivity index (χ1v) is 11.8. The molecule has 0 aliphatic rings. The summed E-state index contributed by atoms with van der Waals surface area (Å²) in [6, 6.07) is 16.1. The molecule has 122 valence electrons. The van der Waals surface area contributed by atoms with E-state index >= 15 is 0 Å². The number of carbonyl (C=O) groups excluding carboxylic acids is 1. The van der Waals surface area contributed by atoms with Crippen molar-refractivity contribution >= 4 is 30.0 Å². The average molecular weight is 391 g/mol. The Bertz CT molecular complexity index is 695. The second kappa shape index (κ2) is 7.45. The van der Waals surface area contributed by atoms with Gasteiger partial charge in [-0.1, -0.05) is 54.0 Å². The minimum atomic E-state index is -1.77. The van der Waals surface area contributed by atoms with Gasteiger partial charge in [-0.15, -0.1) is 0 Å². The van der Waals surface area contributed by atoms with Gasteiger partial charge in [-0.3, -0.25) is 4.79 Å². The molecule has 2 rings (SSSR count). The van der Waals surface area contributed by atoms with Crippen molar-refractivity contribution in [2.45, 2.75) is 33.0 Å². The summed E-state index contributed by atoms with van der Waals surface area (Å²) in [7, 11) is -1.77. The van der Waals surface area contributed by atoms with E-state index in [1.54, 1.807) is 0 Å². The fourth-order valence-electron chi connectivity index (χ4n) is 2.84. The van der Waals surface area contributed by atoms with Crippen LogP contribution in [0, 0.1) is 5.92 Å². The van der Waals surface area contributed by atoms with Crippen LogP contribution in [0.25, 0.3) is 0 Å². The number of rotatable bonds is 6. The highest BCUT2D eigenvalue weighted by Crippen LogP contribution is 2.24. The molecule has 23 heavy (non-hydrogen) atoms. The third kappa shape index (κ3) is 5.32. The molecule has 0 bridgehead atoms. The molecule has 0 spiro atoms. The van der Waals surface area contributed by atoms with Crippen LogP contribution in [0.2, 0.25) is 19.1 Å². The quantitative estimate of drug-likeness (QED) is 0.451. The Balaban J connectivity index is 2.21. The lowest BCUT2D eigenvalue weighted by molar-refractivity contribution is 0.103. The van der Waals surface area contributed by atoms with Crippen LogP contribution in [0.4, 0.5) is 0 Å². The Morgan fingerprint density at radius 3 is 2.30 bits per heavy atom. The summed E-state index contributed by atoms with van der Waals surface area (Å²) in [4.78, 5) is 12.6. The van der Waals surface area contributed by atoms with E-state index in [0.29, 0.717) is 17.0 Å². The van der Waals surface area contributed by atoms with Gasteiger partial charge in [-0.2, -0.15) is 0 Å². The SMILES string of the molecule is CC(C)C[Si](C)(C)Oc1cccc(C(=O)c2cccc(Br)c2)c1. The van der Waals surface area contributed by atoms with Crippen LogP contribution >= 0.6 is 15.9 Å². The summed E-state index contributed by atoms with van der Waals surface area (Å²) >= 11 is 3.41. The van der Waals surface area contributed by atoms with Gasteiger partial charge in [0, 0.05) is 15.6 Å². The fourth-order valence-corrected chi connectivity index (χ4v) is 6.06. The van der Waals surface area contributed by atoms with Gasteiger partial charge in [-0.05, 0) is 49.3 Å². The maximum absolute atomic E-state index is 12.6. The van der Waals surface area contributed by atoms with Crippen LogP contribution in [0.3, 0.4) is 0 Å². The summed E-state index contributed by atoms with van der Waals surface area (Å²) in [5, 5.41) is 0. The summed E-state index contributed by atoms with van der Waals surface area (Å²) in [6.07, 6.45) is 0. The number of carbonyl (C=O) groups is 1. The molecule has 0 heterocycles. The molecular weight excluding hydrogens is 368 g/mol. The van der Waals surface area contributed by atoms with Gasteiger partial charge in [-0.25, -0.2) is 0 Å². The zero-order chi connectivity index (χ0) is 17.0. The van der Waals surface area contributed by atoms with E-state index in [9.17, 15) is 4.79 Å². The minimum absolute atomic E-state index is 0.0140. The van der Waals surface area contributed by atoms with E-state index in [4.69, 9.17) is 4.43 Å². The molecule has 2 aromatic rings. The zero-order valence-electron chi connectivity index (χ0n) is 14.1. The predicted molar refractivity (Wildman–Crippen MR) is 102 cm³/mol. The minimum Gasteiger partial charge on any atom is -0.544 e. The Morgan fingerprint density at radius 2 is 1.70 bits per heavy atom. The summed E-state index contributed by atoms with van der Waals surface area (Å²) in [5.41, 5.74) is 1.34. The van der Waals surface area contributed by atoms with E-state index in [1.807, 2.05) is 48.5 Å². The molecule has 0 aliphatic carbocycles. The third-order valence-corrected chi connectivity index (χ3v) is 6.56. The molecule has 0 aliphatic heterocycles. The molecule has 0 radical (unpaired) electrons. The highest BCUT2D eigenvalue weighted by atomic mass is 79.9. The maximum Gasteiger partial charge on any atom is 0.245 e. The van der Waals surface area contributed by atoms with E-state index in [0.717, 1.165) is 16.3 Å². The van der Waals surface area contributed by atoms with Gasteiger partial charge in [0.25, 0.3) is 0 Å². The Kier molecular flexibility index (Phi) is 5.82. The molecule has 2 nitrogen and oxygen atoms in total. The van der Waals surface area contributed by atoms with E-state index in [2.05, 4.69) is 42.9 Å². The summed E-state index contributed by atoms with van der Waals surface area (Å²) < 4.78 is 7.14. The second-order valence-corrected chi connectivity index (χ2v) is 11.9. The summed E-state index contributed by atoms with van der Waals surface area (Å²) in [5.74, 6) is 1.42. The molecule has 4 heteroatoms. The van der Waals surface area contributed by atoms with Crippen LogP contribution in [-0.4, -0.2) is 14.1 Å². The average Bonchev–Trinajstić information content (AvgIpc) is 2.44. The number of hydrogen-bond donors (Lipinski definition) is 0. The molecule has 0 fully saturated rings. The molecule has 0 N–H and O–H groups in total. The van der Waals surface area contributed by atoms with Gasteiger partial charge in [0.2, 0.25) is 8.32 Å². The number of benzene rings is 2. The lowest BCUT2D eigenvalue weighted by atomic mass is 10.0. The van der Waals surface area contributed by atoms with Gasteiger partial charge < -0.3 is 4.43 Å². The number of hydrogen-bond acceptors (Lipinski definition) is 2. The highest BCUT2D eigenvalue weighted by Gasteiger charge is 2.26. The topological polar surface area (TPSA) is 26.3 Å². The van der Waals surface area contributed by atoms with Crippen molar-refractivity contribution in [3.05, 3.63) is 64.1 Å². The standard InChI is InChI=1S/C19H23BrO2Si/c1-14(2)13-23(3,4)22-18-10-6-8-16(12-18)19(21)15-7-5-9-17(20)11-15/h5-12,14H,13H2,1-4H3. The fraction of sp³-hybridized carbons (Fsp3) is 0.316.